The van der Waals surface area contributed by atoms with Gasteiger partial charge in [-0.25, -0.2) is 9.18 Å². The molecule has 2 aliphatic rings. The van der Waals surface area contributed by atoms with E-state index in [1.807, 2.05) is 4.90 Å². The molecule has 9 heteroatoms. The largest absolute Gasteiger partial charge is 0.486 e. The summed E-state index contributed by atoms with van der Waals surface area (Å²) in [6.07, 6.45) is 1.84. The Morgan fingerprint density at radius 2 is 1.90 bits per heavy atom. The van der Waals surface area contributed by atoms with Crippen molar-refractivity contribution < 1.29 is 23.5 Å². The minimum absolute atomic E-state index is 0.0378. The number of carbonyl (C=O) groups excluding carboxylic acids is 2. The number of carbonyl (C=O) groups is 2. The van der Waals surface area contributed by atoms with Crippen LogP contribution in [0.4, 0.5) is 14.9 Å². The first-order valence-corrected chi connectivity index (χ1v) is 10.0. The molecule has 1 fully saturated rings. The van der Waals surface area contributed by atoms with Crippen molar-refractivity contribution in [3.05, 3.63) is 52.8 Å². The first kappa shape index (κ1) is 20.4. The second kappa shape index (κ2) is 8.89. The SMILES string of the molecule is O=C(CN(Cc1c(F)cccc1Cl)C1CC1)NC(=O)Nc1ccc2c(c1)OCCO2. The van der Waals surface area contributed by atoms with Gasteiger partial charge in [0.2, 0.25) is 5.91 Å². The summed E-state index contributed by atoms with van der Waals surface area (Å²) in [5, 5.41) is 5.23. The maximum atomic E-state index is 14.1. The van der Waals surface area contributed by atoms with Crippen LogP contribution in [0.3, 0.4) is 0 Å². The van der Waals surface area contributed by atoms with Crippen molar-refractivity contribution in [2.45, 2.75) is 25.4 Å². The summed E-state index contributed by atoms with van der Waals surface area (Å²) in [7, 11) is 0. The number of fused-ring (bicyclic) bond motifs is 1. The van der Waals surface area contributed by atoms with Crippen LogP contribution in [0.5, 0.6) is 11.5 Å². The van der Waals surface area contributed by atoms with Crippen LogP contribution >= 0.6 is 11.6 Å². The highest BCUT2D eigenvalue weighted by Crippen LogP contribution is 2.33. The Balaban J connectivity index is 1.34. The lowest BCUT2D eigenvalue weighted by molar-refractivity contribution is -0.121. The molecule has 2 N–H and O–H groups in total. The number of urea groups is 1. The number of anilines is 1. The van der Waals surface area contributed by atoms with Crippen molar-refractivity contribution in [3.63, 3.8) is 0 Å². The average molecular weight is 434 g/mol. The van der Waals surface area contributed by atoms with E-state index < -0.39 is 17.8 Å². The van der Waals surface area contributed by atoms with Gasteiger partial charge in [0, 0.05) is 34.9 Å². The molecule has 0 unspecified atom stereocenters. The van der Waals surface area contributed by atoms with Gasteiger partial charge in [-0.2, -0.15) is 0 Å². The number of ether oxygens (including phenoxy) is 2. The van der Waals surface area contributed by atoms with Crippen molar-refractivity contribution in [3.8, 4) is 11.5 Å². The number of benzene rings is 2. The van der Waals surface area contributed by atoms with Crippen LogP contribution in [0.15, 0.2) is 36.4 Å². The van der Waals surface area contributed by atoms with Gasteiger partial charge in [0.25, 0.3) is 0 Å². The van der Waals surface area contributed by atoms with Crippen LogP contribution in [-0.2, 0) is 11.3 Å². The van der Waals surface area contributed by atoms with Gasteiger partial charge in [-0.1, -0.05) is 17.7 Å². The molecule has 7 nitrogen and oxygen atoms in total. The number of hydrogen-bond donors (Lipinski definition) is 2. The zero-order valence-corrected chi connectivity index (χ0v) is 16.9. The Morgan fingerprint density at radius 3 is 2.63 bits per heavy atom. The van der Waals surface area contributed by atoms with Crippen LogP contribution in [0.25, 0.3) is 0 Å². The molecule has 1 aliphatic heterocycles. The number of nitrogens with zero attached hydrogens (tertiary/aromatic N) is 1. The van der Waals surface area contributed by atoms with Crippen LogP contribution in [-0.4, -0.2) is 42.6 Å². The molecule has 0 saturated heterocycles. The molecule has 158 valence electrons. The number of rotatable bonds is 6. The fourth-order valence-electron chi connectivity index (χ4n) is 3.27. The molecule has 2 aromatic carbocycles. The summed E-state index contributed by atoms with van der Waals surface area (Å²) in [5.41, 5.74) is 0.821. The molecular weight excluding hydrogens is 413 g/mol. The van der Waals surface area contributed by atoms with Gasteiger partial charge in [-0.15, -0.1) is 0 Å². The number of halogens is 2. The summed E-state index contributed by atoms with van der Waals surface area (Å²) in [5.74, 6) is 0.247. The highest BCUT2D eigenvalue weighted by Gasteiger charge is 2.31. The Kier molecular flexibility index (Phi) is 6.06. The first-order valence-electron chi connectivity index (χ1n) is 9.67. The third-order valence-electron chi connectivity index (χ3n) is 4.89. The Morgan fingerprint density at radius 1 is 1.13 bits per heavy atom. The molecule has 0 atom stereocenters. The average Bonchev–Trinajstić information content (AvgIpc) is 3.55. The fourth-order valence-corrected chi connectivity index (χ4v) is 3.50. The lowest BCUT2D eigenvalue weighted by Crippen LogP contribution is -2.42. The Hall–Kier alpha value is -2.84. The second-order valence-electron chi connectivity index (χ2n) is 7.20. The maximum Gasteiger partial charge on any atom is 0.325 e. The summed E-state index contributed by atoms with van der Waals surface area (Å²) < 4.78 is 25.0. The van der Waals surface area contributed by atoms with E-state index >= 15 is 0 Å². The summed E-state index contributed by atoms with van der Waals surface area (Å²) in [4.78, 5) is 26.4. The minimum atomic E-state index is -0.656. The fraction of sp³-hybridized carbons (Fsp3) is 0.333. The van der Waals surface area contributed by atoms with E-state index in [1.165, 1.54) is 12.1 Å². The molecule has 0 bridgehead atoms. The molecule has 4 rings (SSSR count). The van der Waals surface area contributed by atoms with Gasteiger partial charge in [-0.05, 0) is 37.1 Å². The van der Waals surface area contributed by atoms with Gasteiger partial charge in [0.1, 0.15) is 19.0 Å². The van der Waals surface area contributed by atoms with Gasteiger partial charge in [-0.3, -0.25) is 15.0 Å². The zero-order valence-electron chi connectivity index (χ0n) is 16.1. The van der Waals surface area contributed by atoms with Crippen molar-refractivity contribution in [2.75, 3.05) is 25.1 Å². The van der Waals surface area contributed by atoms with E-state index in [2.05, 4.69) is 10.6 Å². The molecule has 1 heterocycles. The third kappa shape index (κ3) is 5.01. The van der Waals surface area contributed by atoms with E-state index in [4.69, 9.17) is 21.1 Å². The van der Waals surface area contributed by atoms with Crippen molar-refractivity contribution >= 4 is 29.2 Å². The number of nitrogens with one attached hydrogen (secondary N) is 2. The molecular formula is C21H21ClFN3O4. The van der Waals surface area contributed by atoms with E-state index in [-0.39, 0.29) is 19.1 Å². The summed E-state index contributed by atoms with van der Waals surface area (Å²) in [6, 6.07) is 9.00. The van der Waals surface area contributed by atoms with Crippen LogP contribution in [0.2, 0.25) is 5.02 Å². The molecule has 3 amide bonds. The van der Waals surface area contributed by atoms with Crippen molar-refractivity contribution in [1.29, 1.82) is 0 Å². The highest BCUT2D eigenvalue weighted by molar-refractivity contribution is 6.31. The van der Waals surface area contributed by atoms with Crippen molar-refractivity contribution in [1.82, 2.24) is 10.2 Å². The van der Waals surface area contributed by atoms with Crippen LogP contribution < -0.4 is 20.1 Å². The lowest BCUT2D eigenvalue weighted by Gasteiger charge is -2.22. The second-order valence-corrected chi connectivity index (χ2v) is 7.60. The van der Waals surface area contributed by atoms with Gasteiger partial charge < -0.3 is 14.8 Å². The molecule has 1 aliphatic carbocycles. The predicted octanol–water partition coefficient (Wildman–Crippen LogP) is 3.56. The number of hydrogen-bond acceptors (Lipinski definition) is 5. The van der Waals surface area contributed by atoms with E-state index in [9.17, 15) is 14.0 Å². The molecule has 30 heavy (non-hydrogen) atoms. The smallest absolute Gasteiger partial charge is 0.325 e. The highest BCUT2D eigenvalue weighted by atomic mass is 35.5. The molecule has 1 saturated carbocycles. The van der Waals surface area contributed by atoms with Gasteiger partial charge in [0.05, 0.1) is 6.54 Å². The quantitative estimate of drug-likeness (QED) is 0.728. The van der Waals surface area contributed by atoms with Crippen molar-refractivity contribution in [2.24, 2.45) is 0 Å². The van der Waals surface area contributed by atoms with Crippen LogP contribution in [0.1, 0.15) is 18.4 Å². The molecule has 0 radical (unpaired) electrons. The van der Waals surface area contributed by atoms with Gasteiger partial charge >= 0.3 is 6.03 Å². The summed E-state index contributed by atoms with van der Waals surface area (Å²) in [6.45, 7) is 1.08. The lowest BCUT2D eigenvalue weighted by atomic mass is 10.2. The third-order valence-corrected chi connectivity index (χ3v) is 5.24. The predicted molar refractivity (Wildman–Crippen MR) is 109 cm³/mol. The van der Waals surface area contributed by atoms with E-state index in [0.717, 1.165) is 12.8 Å². The van der Waals surface area contributed by atoms with E-state index in [0.29, 0.717) is 41.0 Å². The maximum absolute atomic E-state index is 14.1. The zero-order chi connectivity index (χ0) is 21.1. The minimum Gasteiger partial charge on any atom is -0.486 e. The number of imide groups is 1. The first-order chi connectivity index (χ1) is 14.5. The molecule has 0 spiro atoms. The Bertz CT molecular complexity index is 947. The summed E-state index contributed by atoms with van der Waals surface area (Å²) >= 11 is 6.11. The topological polar surface area (TPSA) is 79.9 Å². The normalized spacial score (nSPS) is 15.0. The molecule has 0 aromatic heterocycles. The Labute approximate surface area is 178 Å². The van der Waals surface area contributed by atoms with Gasteiger partial charge in [0.15, 0.2) is 11.5 Å². The molecule has 2 aromatic rings. The standard InChI is InChI=1S/C21H21ClFN3O4/c22-16-2-1-3-17(23)15(16)11-26(14-5-6-14)12-20(27)25-21(28)24-13-4-7-18-19(10-13)30-9-8-29-18/h1-4,7,10,14H,5-6,8-9,11-12H2,(H2,24,25,27,28). The van der Waals surface area contributed by atoms with E-state index in [1.54, 1.807) is 24.3 Å². The van der Waals surface area contributed by atoms with Crippen LogP contribution in [0, 0.1) is 5.82 Å². The monoisotopic (exact) mass is 433 g/mol. The number of amides is 3.